The second-order valence-electron chi connectivity index (χ2n) is 13.9. The third kappa shape index (κ3) is 33.0. The molecule has 0 heterocycles. The summed E-state index contributed by atoms with van der Waals surface area (Å²) in [6, 6.07) is -0.889. The zero-order valence-corrected chi connectivity index (χ0v) is 32.3. The Bertz CT molecular complexity index is 928. The van der Waals surface area contributed by atoms with Crippen LogP contribution in [-0.4, -0.2) is 68.5 Å². The van der Waals surface area contributed by atoms with Crippen molar-refractivity contribution in [2.24, 2.45) is 0 Å². The van der Waals surface area contributed by atoms with E-state index in [9.17, 15) is 19.4 Å². The van der Waals surface area contributed by atoms with Crippen molar-refractivity contribution in [1.82, 2.24) is 5.32 Å². The van der Waals surface area contributed by atoms with Crippen LogP contribution in [0.4, 0.5) is 0 Å². The minimum atomic E-state index is -4.58. The molecule has 0 saturated carbocycles. The highest BCUT2D eigenvalue weighted by Gasteiger charge is 2.23. The standard InChI is InChI=1S/C39H73N2O6P/c1-6-8-10-12-14-16-17-18-19-20-21-22-23-25-27-29-31-33-39(43)40-37(36-47-48(44,45)46-35-34-41(3,4)5)38(42)32-30-28-26-24-15-13-11-9-7-2/h8,10,14,16,18-19,30,32,37-38,42H,6-7,9,11-13,15,17,20-29,31,33-36H2,1-5H3,(H-,40,43,44,45)/b10-8-,16-14-,19-18-,32-30+. The first-order valence-electron chi connectivity index (χ1n) is 19.0. The van der Waals surface area contributed by atoms with E-state index in [0.717, 1.165) is 70.6 Å². The van der Waals surface area contributed by atoms with Gasteiger partial charge in [0, 0.05) is 6.42 Å². The molecule has 0 rings (SSSR count). The average molecular weight is 697 g/mol. The molecule has 0 aliphatic carbocycles. The topological polar surface area (TPSA) is 108 Å². The van der Waals surface area contributed by atoms with E-state index in [2.05, 4.69) is 55.6 Å². The number of rotatable bonds is 33. The molecule has 1 amide bonds. The van der Waals surface area contributed by atoms with Crippen molar-refractivity contribution in [2.75, 3.05) is 40.9 Å². The Labute approximate surface area is 295 Å². The predicted molar refractivity (Wildman–Crippen MR) is 201 cm³/mol. The van der Waals surface area contributed by atoms with Gasteiger partial charge in [0.2, 0.25) is 5.91 Å². The second-order valence-corrected chi connectivity index (χ2v) is 15.3. The molecule has 2 N–H and O–H groups in total. The average Bonchev–Trinajstić information content (AvgIpc) is 3.02. The van der Waals surface area contributed by atoms with Gasteiger partial charge < -0.3 is 28.8 Å². The maximum Gasteiger partial charge on any atom is 0.268 e. The van der Waals surface area contributed by atoms with Gasteiger partial charge in [0.05, 0.1) is 39.9 Å². The molecule has 8 nitrogen and oxygen atoms in total. The van der Waals surface area contributed by atoms with Gasteiger partial charge in [0.25, 0.3) is 7.82 Å². The first kappa shape index (κ1) is 46.5. The highest BCUT2D eigenvalue weighted by molar-refractivity contribution is 7.45. The molecule has 0 spiro atoms. The zero-order valence-electron chi connectivity index (χ0n) is 31.4. The van der Waals surface area contributed by atoms with E-state index < -0.39 is 20.0 Å². The lowest BCUT2D eigenvalue weighted by Gasteiger charge is -2.29. The van der Waals surface area contributed by atoms with E-state index in [1.54, 1.807) is 6.08 Å². The minimum Gasteiger partial charge on any atom is -0.756 e. The van der Waals surface area contributed by atoms with Crippen LogP contribution in [0.15, 0.2) is 48.6 Å². The second kappa shape index (κ2) is 31.4. The molecule has 0 aliphatic rings. The Hall–Kier alpha value is -1.54. The number of amides is 1. The summed E-state index contributed by atoms with van der Waals surface area (Å²) in [5.41, 5.74) is 0. The van der Waals surface area contributed by atoms with Gasteiger partial charge >= 0.3 is 0 Å². The number of unbranched alkanes of at least 4 members (excludes halogenated alkanes) is 14. The molecule has 0 radical (unpaired) electrons. The summed E-state index contributed by atoms with van der Waals surface area (Å²) >= 11 is 0. The van der Waals surface area contributed by atoms with Gasteiger partial charge in [-0.25, -0.2) is 0 Å². The summed E-state index contributed by atoms with van der Waals surface area (Å²) in [5.74, 6) is -0.214. The van der Waals surface area contributed by atoms with Crippen LogP contribution in [0.3, 0.4) is 0 Å². The number of hydrogen-bond acceptors (Lipinski definition) is 6. The maximum absolute atomic E-state index is 12.8. The summed E-state index contributed by atoms with van der Waals surface area (Å²) in [6.07, 6.45) is 37.3. The lowest BCUT2D eigenvalue weighted by molar-refractivity contribution is -0.870. The summed E-state index contributed by atoms with van der Waals surface area (Å²) < 4.78 is 23.0. The third-order valence-electron chi connectivity index (χ3n) is 8.04. The first-order chi connectivity index (χ1) is 23.0. The lowest BCUT2D eigenvalue weighted by atomic mass is 10.1. The fourth-order valence-corrected chi connectivity index (χ4v) is 5.71. The number of hydrogen-bond donors (Lipinski definition) is 2. The molecule has 0 aromatic carbocycles. The van der Waals surface area contributed by atoms with Crippen LogP contribution in [0.5, 0.6) is 0 Å². The number of aliphatic hydroxyl groups is 1. The molecule has 0 aromatic heterocycles. The van der Waals surface area contributed by atoms with Crippen LogP contribution in [-0.2, 0) is 18.4 Å². The molecule has 0 saturated heterocycles. The molecule has 9 heteroatoms. The van der Waals surface area contributed by atoms with Gasteiger partial charge in [0.1, 0.15) is 13.2 Å². The Morgan fingerprint density at radius 3 is 1.85 bits per heavy atom. The van der Waals surface area contributed by atoms with Gasteiger partial charge in [-0.3, -0.25) is 9.36 Å². The summed E-state index contributed by atoms with van der Waals surface area (Å²) in [5, 5.41) is 13.6. The first-order valence-corrected chi connectivity index (χ1v) is 20.5. The fraction of sp³-hybridized carbons (Fsp3) is 0.769. The Morgan fingerprint density at radius 1 is 0.750 bits per heavy atom. The molecule has 0 aliphatic heterocycles. The SMILES string of the molecule is CC/C=C\C/C=C\C/C=C\CCCCCCCCCC(=O)NC(COP(=O)([O-])OCC[N+](C)(C)C)C(O)/C=C/CCCCCCCCC. The molecule has 0 fully saturated rings. The predicted octanol–water partition coefficient (Wildman–Crippen LogP) is 9.11. The molecular formula is C39H73N2O6P. The molecule has 0 bridgehead atoms. The number of carbonyl (C=O) groups is 1. The Balaban J connectivity index is 4.47. The fourth-order valence-electron chi connectivity index (χ4n) is 4.99. The van der Waals surface area contributed by atoms with Crippen molar-refractivity contribution in [3.05, 3.63) is 48.6 Å². The minimum absolute atomic E-state index is 0.00526. The van der Waals surface area contributed by atoms with Crippen molar-refractivity contribution in [1.29, 1.82) is 0 Å². The normalized spacial score (nSPS) is 15.2. The van der Waals surface area contributed by atoms with Crippen LogP contribution in [0.1, 0.15) is 142 Å². The third-order valence-corrected chi connectivity index (χ3v) is 9.01. The van der Waals surface area contributed by atoms with Crippen LogP contribution >= 0.6 is 7.82 Å². The van der Waals surface area contributed by atoms with Gasteiger partial charge in [-0.15, -0.1) is 0 Å². The summed E-state index contributed by atoms with van der Waals surface area (Å²) in [6.45, 7) is 4.46. The lowest BCUT2D eigenvalue weighted by Crippen LogP contribution is -2.45. The number of allylic oxidation sites excluding steroid dienone is 7. The molecular weight excluding hydrogens is 623 g/mol. The van der Waals surface area contributed by atoms with Crippen molar-refractivity contribution in [3.63, 3.8) is 0 Å². The van der Waals surface area contributed by atoms with Gasteiger partial charge in [-0.05, 0) is 51.4 Å². The maximum atomic E-state index is 12.8. The monoisotopic (exact) mass is 697 g/mol. The molecule has 0 aromatic rings. The number of likely N-dealkylation sites (N-methyl/N-ethyl adjacent to an activating group) is 1. The van der Waals surface area contributed by atoms with Gasteiger partial charge in [-0.2, -0.15) is 0 Å². The summed E-state index contributed by atoms with van der Waals surface area (Å²) in [7, 11) is 1.24. The number of aliphatic hydroxyl groups excluding tert-OH is 1. The number of nitrogens with zero attached hydrogens (tertiary/aromatic N) is 1. The van der Waals surface area contributed by atoms with Crippen LogP contribution in [0.25, 0.3) is 0 Å². The number of phosphoric ester groups is 1. The van der Waals surface area contributed by atoms with Gasteiger partial charge in [-0.1, -0.05) is 133 Å². The van der Waals surface area contributed by atoms with Crippen LogP contribution < -0.4 is 10.2 Å². The number of quaternary nitrogens is 1. The van der Waals surface area contributed by atoms with E-state index in [0.29, 0.717) is 17.4 Å². The van der Waals surface area contributed by atoms with E-state index in [-0.39, 0.29) is 19.1 Å². The molecule has 3 atom stereocenters. The van der Waals surface area contributed by atoms with Crippen molar-refractivity contribution in [3.8, 4) is 0 Å². The summed E-state index contributed by atoms with van der Waals surface area (Å²) in [4.78, 5) is 25.1. The van der Waals surface area contributed by atoms with Crippen molar-refractivity contribution >= 4 is 13.7 Å². The number of nitrogens with one attached hydrogen (secondary N) is 1. The molecule has 280 valence electrons. The van der Waals surface area contributed by atoms with E-state index in [1.807, 2.05) is 27.2 Å². The van der Waals surface area contributed by atoms with E-state index >= 15 is 0 Å². The highest BCUT2D eigenvalue weighted by atomic mass is 31.2. The van der Waals surface area contributed by atoms with E-state index in [4.69, 9.17) is 9.05 Å². The molecule has 3 unspecified atom stereocenters. The van der Waals surface area contributed by atoms with E-state index in [1.165, 1.54) is 51.4 Å². The Kier molecular flexibility index (Phi) is 30.4. The quantitative estimate of drug-likeness (QED) is 0.0307. The van der Waals surface area contributed by atoms with Crippen LogP contribution in [0, 0.1) is 0 Å². The number of phosphoric acid groups is 1. The molecule has 48 heavy (non-hydrogen) atoms. The van der Waals surface area contributed by atoms with Gasteiger partial charge in [0.15, 0.2) is 0 Å². The highest BCUT2D eigenvalue weighted by Crippen LogP contribution is 2.38. The zero-order chi connectivity index (χ0) is 35.8. The number of carbonyl (C=O) groups excluding carboxylic acids is 1. The van der Waals surface area contributed by atoms with Crippen molar-refractivity contribution < 1.29 is 32.9 Å². The smallest absolute Gasteiger partial charge is 0.268 e. The Morgan fingerprint density at radius 2 is 1.27 bits per heavy atom. The van der Waals surface area contributed by atoms with Crippen molar-refractivity contribution in [2.45, 2.75) is 154 Å². The van der Waals surface area contributed by atoms with Crippen LogP contribution in [0.2, 0.25) is 0 Å². The largest absolute Gasteiger partial charge is 0.756 e.